The molecular formula is C13H20ClN3S. The molecule has 1 aromatic rings. The SMILES string of the molecule is CSC1CCC(Nc2nc(C)nc(Cl)c2C)CC1. The van der Waals surface area contributed by atoms with Crippen LogP contribution in [-0.2, 0) is 0 Å². The van der Waals surface area contributed by atoms with Crippen LogP contribution in [0.3, 0.4) is 0 Å². The molecular weight excluding hydrogens is 266 g/mol. The third-order valence-corrected chi connectivity index (χ3v) is 5.05. The fourth-order valence-electron chi connectivity index (χ4n) is 2.37. The maximum absolute atomic E-state index is 6.09. The van der Waals surface area contributed by atoms with Crippen molar-refractivity contribution in [1.82, 2.24) is 9.97 Å². The van der Waals surface area contributed by atoms with Crippen LogP contribution in [0.5, 0.6) is 0 Å². The second-order valence-electron chi connectivity index (χ2n) is 4.89. The fourth-order valence-corrected chi connectivity index (χ4v) is 3.33. The Balaban J connectivity index is 2.02. The topological polar surface area (TPSA) is 37.8 Å². The lowest BCUT2D eigenvalue weighted by molar-refractivity contribution is 0.472. The Morgan fingerprint density at radius 1 is 1.17 bits per heavy atom. The standard InChI is InChI=1S/C13H20ClN3S/c1-8-12(14)15-9(2)16-13(8)17-10-4-6-11(18-3)7-5-10/h10-11H,4-7H2,1-3H3,(H,15,16,17). The highest BCUT2D eigenvalue weighted by molar-refractivity contribution is 7.99. The van der Waals surface area contributed by atoms with E-state index in [1.165, 1.54) is 25.7 Å². The zero-order valence-corrected chi connectivity index (χ0v) is 12.7. The second-order valence-corrected chi connectivity index (χ2v) is 6.38. The summed E-state index contributed by atoms with van der Waals surface area (Å²) in [4.78, 5) is 8.62. The summed E-state index contributed by atoms with van der Waals surface area (Å²) in [5, 5.41) is 4.92. The van der Waals surface area contributed by atoms with Gasteiger partial charge in [0, 0.05) is 16.9 Å². The molecule has 0 saturated heterocycles. The minimum absolute atomic E-state index is 0.525. The largest absolute Gasteiger partial charge is 0.367 e. The number of aryl methyl sites for hydroxylation is 1. The summed E-state index contributed by atoms with van der Waals surface area (Å²) in [6, 6.07) is 0.525. The van der Waals surface area contributed by atoms with Crippen LogP contribution in [-0.4, -0.2) is 27.5 Å². The molecule has 3 nitrogen and oxygen atoms in total. The maximum Gasteiger partial charge on any atom is 0.137 e. The monoisotopic (exact) mass is 285 g/mol. The quantitative estimate of drug-likeness (QED) is 0.857. The highest BCUT2D eigenvalue weighted by Gasteiger charge is 2.21. The minimum Gasteiger partial charge on any atom is -0.367 e. The van der Waals surface area contributed by atoms with Crippen molar-refractivity contribution in [2.24, 2.45) is 0 Å². The van der Waals surface area contributed by atoms with Crippen LogP contribution in [0, 0.1) is 13.8 Å². The van der Waals surface area contributed by atoms with Gasteiger partial charge in [0.1, 0.15) is 16.8 Å². The molecule has 18 heavy (non-hydrogen) atoms. The minimum atomic E-state index is 0.525. The Labute approximate surface area is 118 Å². The van der Waals surface area contributed by atoms with Gasteiger partial charge in [0.05, 0.1) is 0 Å². The summed E-state index contributed by atoms with van der Waals surface area (Å²) in [5.41, 5.74) is 0.953. The van der Waals surface area contributed by atoms with Gasteiger partial charge in [-0.25, -0.2) is 9.97 Å². The summed E-state index contributed by atoms with van der Waals surface area (Å²) >= 11 is 8.08. The van der Waals surface area contributed by atoms with Crippen molar-refractivity contribution < 1.29 is 0 Å². The molecule has 100 valence electrons. The van der Waals surface area contributed by atoms with Gasteiger partial charge >= 0.3 is 0 Å². The van der Waals surface area contributed by atoms with E-state index in [1.54, 1.807) is 0 Å². The number of nitrogens with one attached hydrogen (secondary N) is 1. The lowest BCUT2D eigenvalue weighted by atomic mass is 9.95. The number of rotatable bonds is 3. The van der Waals surface area contributed by atoms with E-state index in [0.717, 1.165) is 22.5 Å². The molecule has 0 unspecified atom stereocenters. The molecule has 0 radical (unpaired) electrons. The van der Waals surface area contributed by atoms with E-state index in [9.17, 15) is 0 Å². The van der Waals surface area contributed by atoms with E-state index in [-0.39, 0.29) is 0 Å². The van der Waals surface area contributed by atoms with Crippen molar-refractivity contribution in [3.63, 3.8) is 0 Å². The van der Waals surface area contributed by atoms with Crippen molar-refractivity contribution in [1.29, 1.82) is 0 Å². The molecule has 1 aliphatic carbocycles. The lowest BCUT2D eigenvalue weighted by Gasteiger charge is -2.28. The zero-order chi connectivity index (χ0) is 13.1. The van der Waals surface area contributed by atoms with E-state index in [1.807, 2.05) is 25.6 Å². The van der Waals surface area contributed by atoms with Crippen molar-refractivity contribution in [2.75, 3.05) is 11.6 Å². The first-order chi connectivity index (χ1) is 8.60. The first-order valence-electron chi connectivity index (χ1n) is 6.40. The molecule has 1 fully saturated rings. The fraction of sp³-hybridized carbons (Fsp3) is 0.692. The highest BCUT2D eigenvalue weighted by atomic mass is 35.5. The Kier molecular flexibility index (Phi) is 4.73. The molecule has 0 aliphatic heterocycles. The number of hydrogen-bond donors (Lipinski definition) is 1. The summed E-state index contributed by atoms with van der Waals surface area (Å²) in [5.74, 6) is 1.63. The molecule has 0 bridgehead atoms. The van der Waals surface area contributed by atoms with Crippen LogP contribution in [0.2, 0.25) is 5.15 Å². The van der Waals surface area contributed by atoms with Gasteiger partial charge in [-0.2, -0.15) is 11.8 Å². The molecule has 1 heterocycles. The highest BCUT2D eigenvalue weighted by Crippen LogP contribution is 2.29. The van der Waals surface area contributed by atoms with Gasteiger partial charge in [0.15, 0.2) is 0 Å². The molecule has 0 atom stereocenters. The van der Waals surface area contributed by atoms with Crippen LogP contribution in [0.4, 0.5) is 5.82 Å². The first kappa shape index (κ1) is 13.9. The third kappa shape index (κ3) is 3.29. The van der Waals surface area contributed by atoms with E-state index >= 15 is 0 Å². The predicted octanol–water partition coefficient (Wildman–Crippen LogP) is 3.83. The van der Waals surface area contributed by atoms with E-state index in [4.69, 9.17) is 11.6 Å². The molecule has 0 aromatic carbocycles. The van der Waals surface area contributed by atoms with Gasteiger partial charge in [0.25, 0.3) is 0 Å². The molecule has 1 saturated carbocycles. The van der Waals surface area contributed by atoms with Crippen molar-refractivity contribution >= 4 is 29.2 Å². The number of hydrogen-bond acceptors (Lipinski definition) is 4. The normalized spacial score (nSPS) is 24.0. The van der Waals surface area contributed by atoms with E-state index in [0.29, 0.717) is 11.2 Å². The van der Waals surface area contributed by atoms with Crippen LogP contribution < -0.4 is 5.32 Å². The predicted molar refractivity (Wildman–Crippen MR) is 79.7 cm³/mol. The second kappa shape index (κ2) is 6.11. The number of thioether (sulfide) groups is 1. The summed E-state index contributed by atoms with van der Waals surface area (Å²) < 4.78 is 0. The maximum atomic E-state index is 6.09. The Bertz CT molecular complexity index is 417. The van der Waals surface area contributed by atoms with Crippen LogP contribution in [0.1, 0.15) is 37.1 Å². The van der Waals surface area contributed by atoms with E-state index in [2.05, 4.69) is 21.5 Å². The molecule has 1 aromatic heterocycles. The molecule has 0 amide bonds. The molecule has 1 aliphatic rings. The number of anilines is 1. The van der Waals surface area contributed by atoms with Gasteiger partial charge in [-0.15, -0.1) is 0 Å². The van der Waals surface area contributed by atoms with Gasteiger partial charge in [-0.05, 0) is 45.8 Å². The molecule has 2 rings (SSSR count). The third-order valence-electron chi connectivity index (χ3n) is 3.55. The molecule has 0 spiro atoms. The van der Waals surface area contributed by atoms with Crippen LogP contribution in [0.15, 0.2) is 0 Å². The van der Waals surface area contributed by atoms with Crippen molar-refractivity contribution in [3.8, 4) is 0 Å². The average molecular weight is 286 g/mol. The van der Waals surface area contributed by atoms with Gasteiger partial charge in [-0.1, -0.05) is 11.6 Å². The molecule has 5 heteroatoms. The van der Waals surface area contributed by atoms with Crippen molar-refractivity contribution in [3.05, 3.63) is 16.5 Å². The van der Waals surface area contributed by atoms with Crippen molar-refractivity contribution in [2.45, 2.75) is 50.8 Å². The Morgan fingerprint density at radius 2 is 1.83 bits per heavy atom. The summed E-state index contributed by atoms with van der Waals surface area (Å²) in [6.45, 7) is 3.85. The van der Waals surface area contributed by atoms with Gasteiger partial charge in [-0.3, -0.25) is 0 Å². The van der Waals surface area contributed by atoms with E-state index < -0.39 is 0 Å². The number of halogens is 1. The van der Waals surface area contributed by atoms with Crippen LogP contribution >= 0.6 is 23.4 Å². The zero-order valence-electron chi connectivity index (χ0n) is 11.2. The lowest BCUT2D eigenvalue weighted by Crippen LogP contribution is -2.28. The smallest absolute Gasteiger partial charge is 0.137 e. The first-order valence-corrected chi connectivity index (χ1v) is 8.06. The van der Waals surface area contributed by atoms with Crippen LogP contribution in [0.25, 0.3) is 0 Å². The van der Waals surface area contributed by atoms with Gasteiger partial charge in [0.2, 0.25) is 0 Å². The molecule has 1 N–H and O–H groups in total. The summed E-state index contributed by atoms with van der Waals surface area (Å²) in [7, 11) is 0. The average Bonchev–Trinajstić information content (AvgIpc) is 2.36. The summed E-state index contributed by atoms with van der Waals surface area (Å²) in [6.07, 6.45) is 7.21. The number of aromatic nitrogens is 2. The van der Waals surface area contributed by atoms with Gasteiger partial charge < -0.3 is 5.32 Å². The Hall–Kier alpha value is -0.480. The Morgan fingerprint density at radius 3 is 2.44 bits per heavy atom. The number of nitrogens with zero attached hydrogens (tertiary/aromatic N) is 2.